The van der Waals surface area contributed by atoms with Gasteiger partial charge in [0, 0.05) is 19.6 Å². The first-order chi connectivity index (χ1) is 9.13. The van der Waals surface area contributed by atoms with Crippen molar-refractivity contribution in [3.63, 3.8) is 0 Å². The fourth-order valence-corrected chi connectivity index (χ4v) is 3.14. The topological polar surface area (TPSA) is 40.5 Å². The monoisotopic (exact) mass is 259 g/mol. The summed E-state index contributed by atoms with van der Waals surface area (Å²) in [5.74, 6) is 0.182. The maximum absolute atomic E-state index is 11.1. The van der Waals surface area contributed by atoms with E-state index in [0.29, 0.717) is 6.54 Å². The van der Waals surface area contributed by atoms with Crippen LogP contribution in [0.5, 0.6) is 0 Å². The summed E-state index contributed by atoms with van der Waals surface area (Å²) in [6.45, 7) is 4.50. The highest BCUT2D eigenvalue weighted by Crippen LogP contribution is 2.40. The molecule has 1 aliphatic carbocycles. The lowest BCUT2D eigenvalue weighted by Crippen LogP contribution is -2.23. The van der Waals surface area contributed by atoms with E-state index in [0.717, 1.165) is 19.0 Å². The lowest BCUT2D eigenvalue weighted by Gasteiger charge is -2.15. The number of carboxylic acid groups (broad SMARTS) is 1. The highest BCUT2D eigenvalue weighted by molar-refractivity contribution is 5.71. The van der Waals surface area contributed by atoms with Crippen LogP contribution in [-0.2, 0) is 11.3 Å². The van der Waals surface area contributed by atoms with Gasteiger partial charge in [-0.3, -0.25) is 9.69 Å². The average molecular weight is 259 g/mol. The van der Waals surface area contributed by atoms with Crippen molar-refractivity contribution in [1.29, 1.82) is 0 Å². The highest BCUT2D eigenvalue weighted by Gasteiger charge is 2.34. The number of aliphatic carboxylic acids is 1. The fourth-order valence-electron chi connectivity index (χ4n) is 3.14. The summed E-state index contributed by atoms with van der Waals surface area (Å²) < 4.78 is 0. The molecule has 3 rings (SSSR count). The molecule has 3 heteroatoms. The molecule has 0 spiro atoms. The van der Waals surface area contributed by atoms with Crippen molar-refractivity contribution >= 4 is 5.97 Å². The largest absolute Gasteiger partial charge is 0.481 e. The molecule has 1 saturated carbocycles. The highest BCUT2D eigenvalue weighted by atomic mass is 16.4. The van der Waals surface area contributed by atoms with Crippen LogP contribution in [0.4, 0.5) is 0 Å². The quantitative estimate of drug-likeness (QED) is 0.903. The van der Waals surface area contributed by atoms with Crippen molar-refractivity contribution in [1.82, 2.24) is 4.90 Å². The van der Waals surface area contributed by atoms with Crippen molar-refractivity contribution in [3.8, 4) is 0 Å². The van der Waals surface area contributed by atoms with Gasteiger partial charge in [0.15, 0.2) is 0 Å². The minimum atomic E-state index is -0.651. The number of rotatable bonds is 4. The first-order valence-corrected chi connectivity index (χ1v) is 7.17. The van der Waals surface area contributed by atoms with Gasteiger partial charge in [-0.15, -0.1) is 0 Å². The molecule has 3 nitrogen and oxygen atoms in total. The Morgan fingerprint density at radius 1 is 1.37 bits per heavy atom. The van der Waals surface area contributed by atoms with Crippen molar-refractivity contribution < 1.29 is 9.90 Å². The Morgan fingerprint density at radius 2 is 2.16 bits per heavy atom. The lowest BCUT2D eigenvalue weighted by molar-refractivity contribution is -0.142. The van der Waals surface area contributed by atoms with Gasteiger partial charge in [0.1, 0.15) is 0 Å². The van der Waals surface area contributed by atoms with Gasteiger partial charge in [0.2, 0.25) is 0 Å². The molecule has 0 bridgehead atoms. The summed E-state index contributed by atoms with van der Waals surface area (Å²) >= 11 is 0. The predicted octanol–water partition coefficient (Wildman–Crippen LogP) is 2.72. The van der Waals surface area contributed by atoms with E-state index in [1.54, 1.807) is 0 Å². The maximum Gasteiger partial charge on any atom is 0.308 e. The summed E-state index contributed by atoms with van der Waals surface area (Å²) in [4.78, 5) is 13.4. The van der Waals surface area contributed by atoms with E-state index in [-0.39, 0.29) is 11.8 Å². The molecule has 1 aromatic carbocycles. The van der Waals surface area contributed by atoms with Crippen molar-refractivity contribution in [2.75, 3.05) is 13.1 Å². The summed E-state index contributed by atoms with van der Waals surface area (Å²) in [7, 11) is 0. The molecule has 0 unspecified atom stereocenters. The van der Waals surface area contributed by atoms with Gasteiger partial charge in [0.25, 0.3) is 0 Å². The number of carboxylic acids is 1. The van der Waals surface area contributed by atoms with Crippen LogP contribution in [0.25, 0.3) is 0 Å². The first kappa shape index (κ1) is 12.7. The molecule has 2 fully saturated rings. The second kappa shape index (κ2) is 4.97. The van der Waals surface area contributed by atoms with Crippen LogP contribution in [0.1, 0.15) is 36.8 Å². The Labute approximate surface area is 114 Å². The van der Waals surface area contributed by atoms with E-state index in [4.69, 9.17) is 5.11 Å². The van der Waals surface area contributed by atoms with E-state index in [1.807, 2.05) is 6.92 Å². The smallest absolute Gasteiger partial charge is 0.308 e. The summed E-state index contributed by atoms with van der Waals surface area (Å²) in [6, 6.07) is 8.81. The van der Waals surface area contributed by atoms with Gasteiger partial charge in [-0.1, -0.05) is 31.2 Å². The summed E-state index contributed by atoms with van der Waals surface area (Å²) in [5, 5.41) is 9.17. The molecule has 1 saturated heterocycles. The first-order valence-electron chi connectivity index (χ1n) is 7.17. The van der Waals surface area contributed by atoms with Crippen LogP contribution in [0.15, 0.2) is 24.3 Å². The Hall–Kier alpha value is -1.35. The summed E-state index contributed by atoms with van der Waals surface area (Å²) in [6.07, 6.45) is 2.65. The number of hydrogen-bond acceptors (Lipinski definition) is 2. The second-order valence-electron chi connectivity index (χ2n) is 6.14. The zero-order valence-electron chi connectivity index (χ0n) is 11.4. The molecular formula is C16H21NO2. The van der Waals surface area contributed by atoms with Crippen molar-refractivity contribution in [3.05, 3.63) is 35.4 Å². The molecule has 0 radical (unpaired) electrons. The molecule has 1 heterocycles. The normalized spacial score (nSPS) is 27.6. The van der Waals surface area contributed by atoms with Crippen molar-refractivity contribution in [2.45, 2.75) is 32.2 Å². The van der Waals surface area contributed by atoms with E-state index < -0.39 is 5.97 Å². The van der Waals surface area contributed by atoms with Gasteiger partial charge in [-0.2, -0.15) is 0 Å². The van der Waals surface area contributed by atoms with Crippen LogP contribution in [0, 0.1) is 11.8 Å². The van der Waals surface area contributed by atoms with Gasteiger partial charge in [-0.25, -0.2) is 0 Å². The standard InChI is InChI=1S/C16H21NO2/c1-11-8-17(10-15(11)16(18)19)9-12-3-2-4-14(7-12)13-5-6-13/h2-4,7,11,13,15H,5-6,8-10H2,1H3,(H,18,19)/t11-,15-/m1/s1. The molecule has 2 atom stereocenters. The molecule has 102 valence electrons. The molecule has 1 N–H and O–H groups in total. The van der Waals surface area contributed by atoms with Gasteiger partial charge in [0.05, 0.1) is 5.92 Å². The number of carbonyl (C=O) groups is 1. The van der Waals surface area contributed by atoms with Crippen molar-refractivity contribution in [2.24, 2.45) is 11.8 Å². The van der Waals surface area contributed by atoms with E-state index >= 15 is 0 Å². The van der Waals surface area contributed by atoms with E-state index in [2.05, 4.69) is 29.2 Å². The lowest BCUT2D eigenvalue weighted by atomic mass is 9.99. The van der Waals surface area contributed by atoms with Crippen LogP contribution in [0.3, 0.4) is 0 Å². The molecule has 0 amide bonds. The summed E-state index contributed by atoms with van der Waals surface area (Å²) in [5.41, 5.74) is 2.78. The van der Waals surface area contributed by atoms with E-state index in [9.17, 15) is 4.79 Å². The van der Waals surface area contributed by atoms with Crippen LogP contribution in [-0.4, -0.2) is 29.1 Å². The number of benzene rings is 1. The van der Waals surface area contributed by atoms with Gasteiger partial charge < -0.3 is 5.11 Å². The minimum absolute atomic E-state index is 0.202. The Morgan fingerprint density at radius 3 is 2.79 bits per heavy atom. The molecule has 2 aliphatic rings. The number of hydrogen-bond donors (Lipinski definition) is 1. The third-order valence-corrected chi connectivity index (χ3v) is 4.41. The zero-order chi connectivity index (χ0) is 13.4. The van der Waals surface area contributed by atoms with Crippen LogP contribution >= 0.6 is 0 Å². The third-order valence-electron chi connectivity index (χ3n) is 4.41. The maximum atomic E-state index is 11.1. The predicted molar refractivity (Wildman–Crippen MR) is 74.0 cm³/mol. The SMILES string of the molecule is C[C@@H]1CN(Cc2cccc(C3CC3)c2)C[C@H]1C(=O)O. The van der Waals surface area contributed by atoms with Crippen LogP contribution in [0.2, 0.25) is 0 Å². The van der Waals surface area contributed by atoms with E-state index in [1.165, 1.54) is 24.0 Å². The molecule has 1 aromatic rings. The van der Waals surface area contributed by atoms with Gasteiger partial charge in [-0.05, 0) is 35.8 Å². The van der Waals surface area contributed by atoms with Crippen LogP contribution < -0.4 is 0 Å². The fraction of sp³-hybridized carbons (Fsp3) is 0.562. The third kappa shape index (κ3) is 2.81. The zero-order valence-corrected chi connectivity index (χ0v) is 11.4. The Bertz CT molecular complexity index is 481. The average Bonchev–Trinajstić information content (AvgIpc) is 3.14. The minimum Gasteiger partial charge on any atom is -0.481 e. The second-order valence-corrected chi connectivity index (χ2v) is 6.14. The molecule has 19 heavy (non-hydrogen) atoms. The molecule has 0 aromatic heterocycles. The molecule has 1 aliphatic heterocycles. The number of likely N-dealkylation sites (tertiary alicyclic amines) is 1. The Balaban J connectivity index is 1.65. The van der Waals surface area contributed by atoms with Gasteiger partial charge >= 0.3 is 5.97 Å². The number of nitrogens with zero attached hydrogens (tertiary/aromatic N) is 1. The Kier molecular flexibility index (Phi) is 3.31. The molecular weight excluding hydrogens is 238 g/mol.